The van der Waals surface area contributed by atoms with Gasteiger partial charge in [0.2, 0.25) is 0 Å². The number of benzene rings is 7. The van der Waals surface area contributed by atoms with Crippen molar-refractivity contribution in [2.75, 3.05) is 0 Å². The maximum absolute atomic E-state index is 13.9. The number of nitrogens with zero attached hydrogens (tertiary/aromatic N) is 8. The first-order chi connectivity index (χ1) is 47.3. The number of hydrogen-bond acceptors (Lipinski definition) is 16. The van der Waals surface area contributed by atoms with E-state index in [2.05, 4.69) is 154 Å². The maximum Gasteiger partial charge on any atom is 0.270 e. The van der Waals surface area contributed by atoms with E-state index in [4.69, 9.17) is 26.5 Å². The van der Waals surface area contributed by atoms with Crippen LogP contribution < -0.4 is 0 Å². The summed E-state index contributed by atoms with van der Waals surface area (Å²) in [7, 11) is 0. The van der Waals surface area contributed by atoms with E-state index in [1.54, 1.807) is 77.3 Å². The highest BCUT2D eigenvalue weighted by Crippen LogP contribution is 2.68. The van der Waals surface area contributed by atoms with Gasteiger partial charge in [-0.2, -0.15) is 10.5 Å². The van der Waals surface area contributed by atoms with Gasteiger partial charge in [0.05, 0.1) is 37.9 Å². The molecule has 4 aliphatic rings. The van der Waals surface area contributed by atoms with Crippen LogP contribution in [0, 0.1) is 68.3 Å². The van der Waals surface area contributed by atoms with E-state index in [1.165, 1.54) is 126 Å². The predicted molar refractivity (Wildman–Crippen MR) is 394 cm³/mol. The van der Waals surface area contributed by atoms with Gasteiger partial charge in [0, 0.05) is 53.4 Å². The highest BCUT2D eigenvalue weighted by Gasteiger charge is 2.54. The Balaban J connectivity index is 0.815. The van der Waals surface area contributed by atoms with E-state index in [1.807, 2.05) is 35.6 Å². The summed E-state index contributed by atoms with van der Waals surface area (Å²) in [6.07, 6.45) is 3.40. The molecule has 0 saturated carbocycles. The van der Waals surface area contributed by atoms with Crippen LogP contribution in [-0.2, 0) is 10.8 Å². The van der Waals surface area contributed by atoms with Gasteiger partial charge in [-0.3, -0.25) is 9.59 Å². The Morgan fingerprint density at radius 2 is 0.876 bits per heavy atom. The van der Waals surface area contributed by atoms with Crippen LogP contribution in [0.2, 0.25) is 0 Å². The van der Waals surface area contributed by atoms with E-state index < -0.39 is 10.8 Å². The van der Waals surface area contributed by atoms with Crippen molar-refractivity contribution in [3.63, 3.8) is 0 Å². The number of carbonyl (C=O) groups is 2. The number of aromatic nitrogens is 4. The number of rotatable bonds is 8. The molecule has 0 aliphatic heterocycles. The Morgan fingerprint density at radius 1 is 0.443 bits per heavy atom. The lowest BCUT2D eigenvalue weighted by Gasteiger charge is -2.35. The van der Waals surface area contributed by atoms with Crippen LogP contribution in [0.3, 0.4) is 0 Å². The molecule has 4 aliphatic carbocycles. The molecule has 18 rings (SSSR count). The third kappa shape index (κ3) is 8.51. The fraction of sp³-hybridized carbons (Fsp3) is 0.0750. The summed E-state index contributed by atoms with van der Waals surface area (Å²) >= 11 is 11.2. The molecule has 0 amide bonds. The Hall–Kier alpha value is -10.8. The summed E-state index contributed by atoms with van der Waals surface area (Å²) < 4.78 is 2.37. The Morgan fingerprint density at radius 3 is 1.35 bits per heavy atom. The molecule has 0 N–H and O–H groups in total. The minimum absolute atomic E-state index is 0.121. The summed E-state index contributed by atoms with van der Waals surface area (Å²) in [5.74, 6) is -0.492. The molecule has 0 saturated heterocycles. The molecule has 97 heavy (non-hydrogen) atoms. The smallest absolute Gasteiger partial charge is 0.270 e. The lowest BCUT2D eigenvalue weighted by atomic mass is 9.65. The van der Waals surface area contributed by atoms with Gasteiger partial charge < -0.3 is 0 Å². The van der Waals surface area contributed by atoms with Gasteiger partial charge in [-0.25, -0.2) is 30.0 Å². The number of fused-ring (bicyclic) bond motifs is 12. The number of carbonyl (C=O) groups excluding carboxylic acids is 2. The first kappa shape index (κ1) is 58.8. The highest BCUT2D eigenvalue weighted by molar-refractivity contribution is 7.34. The van der Waals surface area contributed by atoms with Crippen LogP contribution in [-0.4, -0.2) is 31.5 Å². The monoisotopic (exact) mass is 1370 g/mol. The van der Waals surface area contributed by atoms with Gasteiger partial charge in [-0.1, -0.05) is 213 Å². The van der Waals surface area contributed by atoms with E-state index >= 15 is 0 Å². The number of thiophene rings is 3. The topological polar surface area (TPSA) is 161 Å². The van der Waals surface area contributed by atoms with Crippen molar-refractivity contribution < 1.29 is 9.59 Å². The number of nitriles is 3. The second kappa shape index (κ2) is 21.9. The quantitative estimate of drug-likeness (QED) is 0.0819. The van der Waals surface area contributed by atoms with Crippen LogP contribution in [0.4, 0.5) is 0 Å². The molecule has 7 aromatic carbocycles. The van der Waals surface area contributed by atoms with Crippen LogP contribution in [0.15, 0.2) is 192 Å². The summed E-state index contributed by atoms with van der Waals surface area (Å²) in [5, 5.41) is 32.9. The molecule has 456 valence electrons. The molecule has 10 nitrogen and oxygen atoms in total. The Bertz CT molecular complexity index is 6010. The van der Waals surface area contributed by atoms with E-state index in [0.717, 1.165) is 55.8 Å². The summed E-state index contributed by atoms with van der Waals surface area (Å²) in [5.41, 5.74) is 18.0. The first-order valence-corrected chi connectivity index (χ1v) is 36.5. The van der Waals surface area contributed by atoms with Crippen molar-refractivity contribution in [3.05, 3.63) is 303 Å². The zero-order valence-corrected chi connectivity index (χ0v) is 57.3. The lowest BCUT2D eigenvalue weighted by Crippen LogP contribution is -2.30. The molecule has 0 spiro atoms. The number of allylic oxidation sites excluding steroid dienone is 6. The molecule has 0 radical (unpaired) electrons. The van der Waals surface area contributed by atoms with Crippen molar-refractivity contribution in [1.29, 1.82) is 15.8 Å². The average molecular weight is 1370 g/mol. The molecule has 14 aromatic rings. The largest absolute Gasteiger partial charge is 0.289 e. The third-order valence-corrected chi connectivity index (χ3v) is 27.0. The van der Waals surface area contributed by atoms with Gasteiger partial charge in [0.25, 0.3) is 5.70 Å². The normalized spacial score (nSPS) is 15.7. The SMILES string of the molecule is [C-]#[N+]/C(C#N)=C1/C(=C/c2nc3sc(-c4cc5sc6c(c5s4)C(c4ccc(C)cc4)(c4ccc(C)cc4)c4cc5c(cc4-6)C(c4ccc(C)cc4)(c4ccc(C)cc4)c4cc(-c6nc7sc(/C=C8\C(=O)c9ccccc9C8=C(C#N)C#N)nc7s6)sc4-5)nc3s2)C(=O)c2ccccc21. The number of hydrogen-bond donors (Lipinski definition) is 0. The standard InChI is InChI=1S/C80H42N8O2S7/c1-39-14-22-44(23-15-39)79(45-24-16-40(2)17-25-45)56-31-53-57(30-52(56)70-58(79)34-61(92-70)73-87-77-75(96-73)85-63(94-77)32-54-65(43(36-81)37-82)48-10-6-8-12-50(48)68(54)89)80(46-26-18-41(3)19-27-46,47-28-20-42(4)21-29-47)67-71(53)91-60-35-62(93-72(60)67)74-88-78-76(97-74)86-64(95-78)33-55-66(59(38-83)84-5)49-11-7-9-13-51(49)69(55)90/h6-35H,1-4H3/b54-32-,55-33-,66-59+. The number of aryl methyl sites for hydroxylation is 4. The first-order valence-electron chi connectivity index (χ1n) is 30.8. The van der Waals surface area contributed by atoms with E-state index in [-0.39, 0.29) is 34.0 Å². The van der Waals surface area contributed by atoms with Crippen molar-refractivity contribution in [2.24, 2.45) is 0 Å². The zero-order valence-electron chi connectivity index (χ0n) is 51.6. The van der Waals surface area contributed by atoms with Crippen molar-refractivity contribution in [2.45, 2.75) is 38.5 Å². The number of Topliss-reactive ketones (excluding diaryl/α,β-unsaturated/α-hetero) is 2. The van der Waals surface area contributed by atoms with Gasteiger partial charge in [-0.05, 0) is 125 Å². The fourth-order valence-electron chi connectivity index (χ4n) is 14.7. The molecular formula is C80H42N8O2S7. The van der Waals surface area contributed by atoms with Crippen molar-refractivity contribution in [3.8, 4) is 58.9 Å². The Kier molecular flexibility index (Phi) is 13.2. The molecule has 0 fully saturated rings. The molecular weight excluding hydrogens is 1330 g/mol. The van der Waals surface area contributed by atoms with E-state index in [9.17, 15) is 25.4 Å². The number of ketones is 2. The average Bonchev–Trinajstić information content (AvgIpc) is 1.50. The van der Waals surface area contributed by atoms with Gasteiger partial charge in [0.15, 0.2) is 30.9 Å². The third-order valence-electron chi connectivity index (χ3n) is 19.0. The molecule has 0 atom stereocenters. The van der Waals surface area contributed by atoms with Gasteiger partial charge in [0.1, 0.15) is 37.7 Å². The summed E-state index contributed by atoms with van der Waals surface area (Å²) in [6, 6.07) is 66.4. The predicted octanol–water partition coefficient (Wildman–Crippen LogP) is 21.0. The molecule has 0 unspecified atom stereocenters. The maximum atomic E-state index is 13.9. The van der Waals surface area contributed by atoms with Crippen LogP contribution in [0.5, 0.6) is 0 Å². The second-order valence-electron chi connectivity index (χ2n) is 24.5. The van der Waals surface area contributed by atoms with Gasteiger partial charge in [-0.15, -0.1) is 34.0 Å². The minimum Gasteiger partial charge on any atom is -0.289 e. The molecule has 7 aromatic heterocycles. The second-order valence-corrected chi connectivity index (χ2v) is 31.7. The number of thiazole rings is 4. The zero-order chi connectivity index (χ0) is 65.9. The van der Waals surface area contributed by atoms with Gasteiger partial charge >= 0.3 is 0 Å². The Labute approximate surface area is 583 Å². The minimum atomic E-state index is -0.775. The van der Waals surface area contributed by atoms with Crippen LogP contribution >= 0.6 is 79.4 Å². The summed E-state index contributed by atoms with van der Waals surface area (Å²) in [6.45, 7) is 16.4. The summed E-state index contributed by atoms with van der Waals surface area (Å²) in [4.78, 5) is 59.4. The molecule has 0 bridgehead atoms. The highest BCUT2D eigenvalue weighted by atomic mass is 32.1. The van der Waals surface area contributed by atoms with Crippen LogP contribution in [0.1, 0.15) is 109 Å². The molecule has 7 heterocycles. The lowest BCUT2D eigenvalue weighted by molar-refractivity contribution is 0.103. The molecule has 17 heteroatoms. The van der Waals surface area contributed by atoms with Crippen LogP contribution in [0.25, 0.3) is 97.5 Å². The van der Waals surface area contributed by atoms with Crippen molar-refractivity contribution in [1.82, 2.24) is 19.9 Å². The fourth-order valence-corrected chi connectivity index (χ4v) is 22.8. The van der Waals surface area contributed by atoms with Crippen molar-refractivity contribution >= 4 is 143 Å². The van der Waals surface area contributed by atoms with E-state index in [0.29, 0.717) is 43.4 Å².